The van der Waals surface area contributed by atoms with Crippen LogP contribution in [0.4, 0.5) is 0 Å². The van der Waals surface area contributed by atoms with Crippen LogP contribution < -0.4 is 0 Å². The van der Waals surface area contributed by atoms with E-state index in [1.165, 1.54) is 12.8 Å². The van der Waals surface area contributed by atoms with Crippen LogP contribution in [0.5, 0.6) is 0 Å². The monoisotopic (exact) mass is 141 g/mol. The van der Waals surface area contributed by atoms with Gasteiger partial charge in [-0.05, 0) is 20.4 Å². The maximum atomic E-state index is 3.70. The molecule has 0 aromatic heterocycles. The molecule has 0 fully saturated rings. The lowest BCUT2D eigenvalue weighted by atomic mass is 10.2. The second-order valence-electron chi connectivity index (χ2n) is 2.87. The molecule has 10 heavy (non-hydrogen) atoms. The normalized spacial score (nSPS) is 13.6. The minimum absolute atomic E-state index is 0.697. The molecule has 0 aliphatic rings. The molecule has 1 nitrogen and oxygen atoms in total. The Hall–Kier alpha value is -0.300. The average molecular weight is 141 g/mol. The summed E-state index contributed by atoms with van der Waals surface area (Å²) < 4.78 is 0. The molecule has 0 N–H and O–H groups in total. The molecule has 0 bridgehead atoms. The molecule has 0 rings (SSSR count). The van der Waals surface area contributed by atoms with Crippen molar-refractivity contribution in [3.05, 3.63) is 12.7 Å². The first kappa shape index (κ1) is 9.70. The van der Waals surface area contributed by atoms with E-state index in [-0.39, 0.29) is 0 Å². The molecule has 0 aliphatic carbocycles. The molecule has 1 atom stereocenters. The summed E-state index contributed by atoms with van der Waals surface area (Å²) in [7, 11) is 2.14. The fraction of sp³-hybridized carbons (Fsp3) is 0.778. The predicted molar refractivity (Wildman–Crippen MR) is 47.2 cm³/mol. The fourth-order valence-electron chi connectivity index (χ4n) is 1.02. The highest BCUT2D eigenvalue weighted by molar-refractivity contribution is 4.74. The van der Waals surface area contributed by atoms with Crippen LogP contribution in [0.15, 0.2) is 12.7 Å². The van der Waals surface area contributed by atoms with Crippen LogP contribution in [0.3, 0.4) is 0 Å². The van der Waals surface area contributed by atoms with Gasteiger partial charge in [-0.1, -0.05) is 19.4 Å². The Morgan fingerprint density at radius 2 is 2.20 bits per heavy atom. The third kappa shape index (κ3) is 3.67. The van der Waals surface area contributed by atoms with Crippen LogP contribution in [-0.2, 0) is 0 Å². The Bertz CT molecular complexity index is 88.7. The predicted octanol–water partition coefficient (Wildman–Crippen LogP) is 2.29. The highest BCUT2D eigenvalue weighted by atomic mass is 15.1. The van der Waals surface area contributed by atoms with Crippen molar-refractivity contribution in [2.45, 2.75) is 32.7 Å². The summed E-state index contributed by atoms with van der Waals surface area (Å²) in [6.45, 7) is 9.18. The van der Waals surface area contributed by atoms with Gasteiger partial charge in [-0.25, -0.2) is 0 Å². The maximum absolute atomic E-state index is 3.70. The van der Waals surface area contributed by atoms with Gasteiger partial charge in [0.25, 0.3) is 0 Å². The summed E-state index contributed by atoms with van der Waals surface area (Å²) in [4.78, 5) is 2.32. The summed E-state index contributed by atoms with van der Waals surface area (Å²) in [6.07, 6.45) is 4.50. The van der Waals surface area contributed by atoms with E-state index in [0.29, 0.717) is 6.04 Å². The lowest BCUT2D eigenvalue weighted by Crippen LogP contribution is -2.28. The highest BCUT2D eigenvalue weighted by Crippen LogP contribution is 2.02. The van der Waals surface area contributed by atoms with Gasteiger partial charge < -0.3 is 4.90 Å². The van der Waals surface area contributed by atoms with Crippen molar-refractivity contribution in [1.29, 1.82) is 0 Å². The van der Waals surface area contributed by atoms with Crippen LogP contribution in [0, 0.1) is 0 Å². The summed E-state index contributed by atoms with van der Waals surface area (Å²) in [5.41, 5.74) is 0. The zero-order chi connectivity index (χ0) is 7.98. The summed E-state index contributed by atoms with van der Waals surface area (Å²) in [5, 5.41) is 0. The third-order valence-corrected chi connectivity index (χ3v) is 1.88. The molecule has 1 heteroatoms. The van der Waals surface area contributed by atoms with Gasteiger partial charge in [-0.2, -0.15) is 0 Å². The quantitative estimate of drug-likeness (QED) is 0.531. The number of nitrogens with zero attached hydrogens (tertiary/aromatic N) is 1. The van der Waals surface area contributed by atoms with E-state index < -0.39 is 0 Å². The van der Waals surface area contributed by atoms with E-state index >= 15 is 0 Å². The van der Waals surface area contributed by atoms with Crippen molar-refractivity contribution >= 4 is 0 Å². The molecular weight excluding hydrogens is 122 g/mol. The molecule has 0 radical (unpaired) electrons. The van der Waals surface area contributed by atoms with E-state index in [4.69, 9.17) is 0 Å². The van der Waals surface area contributed by atoms with Gasteiger partial charge >= 0.3 is 0 Å². The lowest BCUT2D eigenvalue weighted by molar-refractivity contribution is 0.270. The molecule has 60 valence electrons. The number of hydrogen-bond acceptors (Lipinski definition) is 1. The Kier molecular flexibility index (Phi) is 5.32. The van der Waals surface area contributed by atoms with E-state index in [9.17, 15) is 0 Å². The molecular formula is C9H19N. The highest BCUT2D eigenvalue weighted by Gasteiger charge is 2.04. The second kappa shape index (κ2) is 5.48. The Morgan fingerprint density at radius 1 is 1.60 bits per heavy atom. The number of likely N-dealkylation sites (N-methyl/N-ethyl adjacent to an activating group) is 1. The van der Waals surface area contributed by atoms with E-state index in [0.717, 1.165) is 6.54 Å². The van der Waals surface area contributed by atoms with Gasteiger partial charge in [0.05, 0.1) is 0 Å². The molecule has 0 heterocycles. The van der Waals surface area contributed by atoms with Crippen molar-refractivity contribution in [3.8, 4) is 0 Å². The second-order valence-corrected chi connectivity index (χ2v) is 2.87. The largest absolute Gasteiger partial charge is 0.300 e. The van der Waals surface area contributed by atoms with E-state index in [2.05, 4.69) is 32.4 Å². The zero-order valence-electron chi connectivity index (χ0n) is 7.43. The van der Waals surface area contributed by atoms with Crippen LogP contribution in [0.2, 0.25) is 0 Å². The van der Waals surface area contributed by atoms with Crippen LogP contribution in [0.1, 0.15) is 26.7 Å². The minimum atomic E-state index is 0.697. The molecule has 0 amide bonds. The van der Waals surface area contributed by atoms with Crippen molar-refractivity contribution in [3.63, 3.8) is 0 Å². The van der Waals surface area contributed by atoms with E-state index in [1.54, 1.807) is 0 Å². The molecule has 0 aromatic carbocycles. The van der Waals surface area contributed by atoms with Gasteiger partial charge in [0.2, 0.25) is 0 Å². The Morgan fingerprint density at radius 3 is 2.60 bits per heavy atom. The van der Waals surface area contributed by atoms with Crippen molar-refractivity contribution in [1.82, 2.24) is 4.90 Å². The van der Waals surface area contributed by atoms with Gasteiger partial charge in [0, 0.05) is 12.6 Å². The van der Waals surface area contributed by atoms with E-state index in [1.807, 2.05) is 6.08 Å². The first-order valence-corrected chi connectivity index (χ1v) is 4.03. The van der Waals surface area contributed by atoms with Crippen LogP contribution >= 0.6 is 0 Å². The van der Waals surface area contributed by atoms with Crippen molar-refractivity contribution in [2.75, 3.05) is 13.6 Å². The third-order valence-electron chi connectivity index (χ3n) is 1.88. The number of hydrogen-bond donors (Lipinski definition) is 0. The topological polar surface area (TPSA) is 3.24 Å². The molecule has 0 aromatic rings. The summed E-state index contributed by atoms with van der Waals surface area (Å²) in [6, 6.07) is 0.697. The first-order valence-electron chi connectivity index (χ1n) is 4.03. The SMILES string of the molecule is C=CCN(C)C(C)CCC. The lowest BCUT2D eigenvalue weighted by Gasteiger charge is -2.22. The van der Waals surface area contributed by atoms with Crippen molar-refractivity contribution in [2.24, 2.45) is 0 Å². The van der Waals surface area contributed by atoms with Gasteiger partial charge in [0.1, 0.15) is 0 Å². The molecule has 1 unspecified atom stereocenters. The van der Waals surface area contributed by atoms with Gasteiger partial charge in [-0.3, -0.25) is 0 Å². The smallest absolute Gasteiger partial charge is 0.0160 e. The Balaban J connectivity index is 3.47. The standard InChI is InChI=1S/C9H19N/c1-5-7-9(3)10(4)8-6-2/h6,9H,2,5,7-8H2,1,3-4H3. The zero-order valence-corrected chi connectivity index (χ0v) is 7.43. The minimum Gasteiger partial charge on any atom is -0.300 e. The number of rotatable bonds is 5. The molecule has 0 aliphatic heterocycles. The molecule has 0 saturated carbocycles. The summed E-state index contributed by atoms with van der Waals surface area (Å²) >= 11 is 0. The van der Waals surface area contributed by atoms with Gasteiger partial charge in [-0.15, -0.1) is 6.58 Å². The van der Waals surface area contributed by atoms with Crippen LogP contribution in [0.25, 0.3) is 0 Å². The average Bonchev–Trinajstić information content (AvgIpc) is 1.89. The fourth-order valence-corrected chi connectivity index (χ4v) is 1.02. The maximum Gasteiger partial charge on any atom is 0.0160 e. The first-order chi connectivity index (χ1) is 4.72. The Labute approximate surface area is 64.7 Å². The molecule has 0 spiro atoms. The van der Waals surface area contributed by atoms with Gasteiger partial charge in [0.15, 0.2) is 0 Å². The van der Waals surface area contributed by atoms with Crippen LogP contribution in [-0.4, -0.2) is 24.5 Å². The molecule has 0 saturated heterocycles. The van der Waals surface area contributed by atoms with Crippen molar-refractivity contribution < 1.29 is 0 Å². The summed E-state index contributed by atoms with van der Waals surface area (Å²) in [5.74, 6) is 0.